The van der Waals surface area contributed by atoms with Crippen LogP contribution in [0.4, 0.5) is 0 Å². The predicted octanol–water partition coefficient (Wildman–Crippen LogP) is 8.21. The van der Waals surface area contributed by atoms with Crippen LogP contribution in [0.2, 0.25) is 0 Å². The Morgan fingerprint density at radius 1 is 0.729 bits per heavy atom. The molecule has 8 aromatic rings. The number of nitrogens with zero attached hydrogens (tertiary/aromatic N) is 5. The average Bonchev–Trinajstić information content (AvgIpc) is 3.78. The molecule has 6 heteroatoms. The molecule has 6 nitrogen and oxygen atoms in total. The molecule has 0 fully saturated rings. The highest BCUT2D eigenvalue weighted by molar-refractivity contribution is 6.11. The molecule has 4 aromatic heterocycles. The topological polar surface area (TPSA) is 39.7 Å². The molecule has 7 heterocycles. The normalized spacial score (nSPS) is 16.5. The van der Waals surface area contributed by atoms with E-state index in [2.05, 4.69) is 160 Å². The van der Waals surface area contributed by atoms with E-state index >= 15 is 0 Å². The number of aromatic nitrogens is 5. The first-order valence-electron chi connectivity index (χ1n) is 16.5. The molecule has 0 aliphatic carbocycles. The van der Waals surface area contributed by atoms with Crippen LogP contribution in [0.3, 0.4) is 0 Å². The van der Waals surface area contributed by atoms with E-state index in [-0.39, 0.29) is 5.41 Å². The molecule has 0 saturated heterocycles. The van der Waals surface area contributed by atoms with E-state index in [1.807, 2.05) is 18.3 Å². The zero-order valence-corrected chi connectivity index (χ0v) is 26.8. The van der Waals surface area contributed by atoms with Gasteiger partial charge in [0, 0.05) is 28.6 Å². The SMILES string of the molecule is CC(C)(C)c1cc[n+]2c(c1)-n1c3ccccc3c3ccc4c(c31)C21c2c(cccc2-n2cc(-c3ccc(-c5ccccn5)cc3)c[n+]21)O4. The fraction of sp³-hybridized carbons (Fsp3) is 0.119. The minimum Gasteiger partial charge on any atom is -0.456 e. The lowest BCUT2D eigenvalue weighted by molar-refractivity contribution is -0.993. The fourth-order valence-electron chi connectivity index (χ4n) is 8.44. The van der Waals surface area contributed by atoms with Crippen LogP contribution in [-0.4, -0.2) is 14.2 Å². The maximum atomic E-state index is 6.83. The largest absolute Gasteiger partial charge is 0.456 e. The molecule has 0 saturated carbocycles. The van der Waals surface area contributed by atoms with Gasteiger partial charge in [-0.25, -0.2) is 0 Å². The third kappa shape index (κ3) is 3.06. The standard InChI is InChI=1S/C42H31N5O/c1-41(2,3)29-20-22-44-37(23-29)47-33-11-5-4-9-30(33)31-18-19-36-39(40(31)47)42(44)38-34(12-8-13-35(38)48-36)45-24-28(25-46(42)45)26-14-16-27(17-15-26)32-10-6-7-21-43-32/h4-25H,1-3H3/q+2. The van der Waals surface area contributed by atoms with Crippen molar-refractivity contribution in [3.63, 3.8) is 0 Å². The fourth-order valence-corrected chi connectivity index (χ4v) is 8.44. The van der Waals surface area contributed by atoms with Crippen molar-refractivity contribution >= 4 is 21.8 Å². The summed E-state index contributed by atoms with van der Waals surface area (Å²) < 4.78 is 16.5. The van der Waals surface area contributed by atoms with Gasteiger partial charge in [0.05, 0.1) is 23.7 Å². The molecule has 3 aliphatic rings. The number of hydrogen-bond acceptors (Lipinski definition) is 2. The molecular formula is C42H31N5O+2. The minimum absolute atomic E-state index is 0.0200. The first-order chi connectivity index (χ1) is 23.4. The third-order valence-corrected chi connectivity index (χ3v) is 10.6. The van der Waals surface area contributed by atoms with Gasteiger partial charge in [-0.1, -0.05) is 74.0 Å². The monoisotopic (exact) mass is 621 g/mol. The number of hydrogen-bond donors (Lipinski definition) is 0. The van der Waals surface area contributed by atoms with Crippen LogP contribution < -0.4 is 14.0 Å². The summed E-state index contributed by atoms with van der Waals surface area (Å²) in [6.07, 6.45) is 8.74. The van der Waals surface area contributed by atoms with Gasteiger partial charge in [-0.2, -0.15) is 9.13 Å². The van der Waals surface area contributed by atoms with Gasteiger partial charge in [-0.05, 0) is 71.1 Å². The van der Waals surface area contributed by atoms with E-state index in [9.17, 15) is 0 Å². The zero-order valence-electron chi connectivity index (χ0n) is 26.8. The lowest BCUT2D eigenvalue weighted by atomic mass is 9.83. The summed E-state index contributed by atoms with van der Waals surface area (Å²) in [4.78, 5) is 4.56. The van der Waals surface area contributed by atoms with Crippen molar-refractivity contribution in [3.05, 3.63) is 151 Å². The second-order valence-corrected chi connectivity index (χ2v) is 14.2. The lowest BCUT2D eigenvalue weighted by Gasteiger charge is -2.33. The Morgan fingerprint density at radius 2 is 1.54 bits per heavy atom. The Morgan fingerprint density at radius 3 is 2.38 bits per heavy atom. The van der Waals surface area contributed by atoms with E-state index in [0.29, 0.717) is 0 Å². The van der Waals surface area contributed by atoms with Gasteiger partial charge in [-0.15, -0.1) is 4.68 Å². The summed E-state index contributed by atoms with van der Waals surface area (Å²) in [5, 5.41) is 2.47. The molecular weight excluding hydrogens is 590 g/mol. The van der Waals surface area contributed by atoms with Crippen LogP contribution in [-0.2, 0) is 11.1 Å². The molecule has 0 bridgehead atoms. The van der Waals surface area contributed by atoms with Crippen LogP contribution in [0.1, 0.15) is 37.5 Å². The van der Waals surface area contributed by atoms with Crippen LogP contribution >= 0.6 is 0 Å². The van der Waals surface area contributed by atoms with Crippen molar-refractivity contribution in [1.29, 1.82) is 0 Å². The maximum Gasteiger partial charge on any atom is 0.397 e. The number of para-hydroxylation sites is 1. The van der Waals surface area contributed by atoms with Crippen LogP contribution in [0.5, 0.6) is 11.5 Å². The van der Waals surface area contributed by atoms with Crippen LogP contribution in [0, 0.1) is 0 Å². The smallest absolute Gasteiger partial charge is 0.397 e. The maximum absolute atomic E-state index is 6.83. The first-order valence-corrected chi connectivity index (χ1v) is 16.5. The van der Waals surface area contributed by atoms with E-state index < -0.39 is 5.66 Å². The van der Waals surface area contributed by atoms with E-state index in [0.717, 1.165) is 56.5 Å². The predicted molar refractivity (Wildman–Crippen MR) is 186 cm³/mol. The van der Waals surface area contributed by atoms with Gasteiger partial charge in [0.2, 0.25) is 6.20 Å². The van der Waals surface area contributed by atoms with Gasteiger partial charge in [0.25, 0.3) is 5.82 Å². The highest BCUT2D eigenvalue weighted by atomic mass is 16.5. The number of fused-ring (bicyclic) bond motifs is 7. The number of ether oxygens (including phenoxy) is 1. The van der Waals surface area contributed by atoms with Gasteiger partial charge in [0.1, 0.15) is 28.3 Å². The van der Waals surface area contributed by atoms with Gasteiger partial charge >= 0.3 is 5.66 Å². The molecule has 3 aliphatic heterocycles. The molecule has 0 amide bonds. The highest BCUT2D eigenvalue weighted by Crippen LogP contribution is 2.55. The number of benzene rings is 4. The Balaban J connectivity index is 1.25. The van der Waals surface area contributed by atoms with Gasteiger partial charge in [0.15, 0.2) is 11.1 Å². The summed E-state index contributed by atoms with van der Waals surface area (Å²) >= 11 is 0. The molecule has 1 atom stereocenters. The summed E-state index contributed by atoms with van der Waals surface area (Å²) in [5.74, 6) is 2.92. The third-order valence-electron chi connectivity index (χ3n) is 10.6. The van der Waals surface area contributed by atoms with Crippen molar-refractivity contribution in [2.24, 2.45) is 0 Å². The Hall–Kier alpha value is -6.01. The molecule has 11 rings (SSSR count). The summed E-state index contributed by atoms with van der Waals surface area (Å²) in [7, 11) is 0. The molecule has 1 spiro atoms. The van der Waals surface area contributed by atoms with Crippen molar-refractivity contribution < 1.29 is 14.0 Å². The lowest BCUT2D eigenvalue weighted by Crippen LogP contribution is -2.76. The number of rotatable bonds is 2. The number of pyridine rings is 2. The molecule has 1 unspecified atom stereocenters. The Labute approximate surface area is 277 Å². The zero-order chi connectivity index (χ0) is 31.9. The summed E-state index contributed by atoms with van der Waals surface area (Å²) in [6, 6.07) is 39.1. The van der Waals surface area contributed by atoms with E-state index in [1.165, 1.54) is 27.4 Å². The second kappa shape index (κ2) is 8.66. The average molecular weight is 622 g/mol. The molecule has 228 valence electrons. The van der Waals surface area contributed by atoms with Crippen molar-refractivity contribution in [2.45, 2.75) is 31.8 Å². The molecule has 4 aromatic carbocycles. The minimum atomic E-state index is -0.707. The first kappa shape index (κ1) is 26.1. The molecule has 0 N–H and O–H groups in total. The van der Waals surface area contributed by atoms with Crippen LogP contribution in [0.25, 0.3) is 55.7 Å². The molecule has 0 radical (unpaired) electrons. The van der Waals surface area contributed by atoms with Gasteiger partial charge in [-0.3, -0.25) is 4.98 Å². The summed E-state index contributed by atoms with van der Waals surface area (Å²) in [5.41, 5.74) is 10.8. The second-order valence-electron chi connectivity index (χ2n) is 14.2. The molecule has 48 heavy (non-hydrogen) atoms. The van der Waals surface area contributed by atoms with Crippen molar-refractivity contribution in [1.82, 2.24) is 14.2 Å². The summed E-state index contributed by atoms with van der Waals surface area (Å²) in [6.45, 7) is 6.87. The Bertz CT molecular complexity index is 2680. The van der Waals surface area contributed by atoms with Crippen molar-refractivity contribution in [3.8, 4) is 45.4 Å². The van der Waals surface area contributed by atoms with Gasteiger partial charge < -0.3 is 4.74 Å². The highest BCUT2D eigenvalue weighted by Gasteiger charge is 2.68. The van der Waals surface area contributed by atoms with Crippen LogP contribution in [0.15, 0.2) is 134 Å². The van der Waals surface area contributed by atoms with E-state index in [4.69, 9.17) is 4.74 Å². The quantitative estimate of drug-likeness (QED) is 0.183. The van der Waals surface area contributed by atoms with E-state index in [1.54, 1.807) is 0 Å². The van der Waals surface area contributed by atoms with Crippen molar-refractivity contribution in [2.75, 3.05) is 0 Å². The Kier molecular flexibility index (Phi) is 4.71.